The summed E-state index contributed by atoms with van der Waals surface area (Å²) in [5.74, 6) is -0.132. The molecule has 0 atom stereocenters. The molecule has 4 fully saturated rings. The second kappa shape index (κ2) is 5.25. The maximum Gasteiger partial charge on any atom is 0.164 e. The molecule has 4 aliphatic carbocycles. The number of aryl methyl sites for hydroxylation is 1. The fourth-order valence-electron chi connectivity index (χ4n) is 6.22. The van der Waals surface area contributed by atoms with Crippen molar-refractivity contribution in [2.24, 2.45) is 5.41 Å². The van der Waals surface area contributed by atoms with Gasteiger partial charge in [-0.15, -0.1) is 0 Å². The molecule has 0 radical (unpaired) electrons. The fourth-order valence-corrected chi connectivity index (χ4v) is 6.55. The Balaban J connectivity index is 1.56. The average molecular weight is 371 g/mol. The van der Waals surface area contributed by atoms with Crippen LogP contribution >= 0.6 is 11.6 Å². The van der Waals surface area contributed by atoms with Crippen molar-refractivity contribution in [1.82, 2.24) is 0 Å². The van der Waals surface area contributed by atoms with E-state index in [9.17, 15) is 4.79 Å². The molecule has 0 heterocycles. The summed E-state index contributed by atoms with van der Waals surface area (Å²) in [5, 5.41) is 0.390. The van der Waals surface area contributed by atoms with Gasteiger partial charge in [-0.1, -0.05) is 23.7 Å². The van der Waals surface area contributed by atoms with Crippen LogP contribution in [0.3, 0.4) is 0 Å². The van der Waals surface area contributed by atoms with E-state index in [4.69, 9.17) is 11.6 Å². The molecule has 4 aliphatic rings. The predicted octanol–water partition coefficient (Wildman–Crippen LogP) is 6.10. The molecule has 0 N–H and O–H groups in total. The normalized spacial score (nSPS) is 42.0. The molecule has 0 saturated heterocycles. The first-order chi connectivity index (χ1) is 11.6. The van der Waals surface area contributed by atoms with Gasteiger partial charge >= 0.3 is 0 Å². The van der Waals surface area contributed by atoms with Crippen molar-refractivity contribution in [2.75, 3.05) is 0 Å². The third-order valence-electron chi connectivity index (χ3n) is 6.36. The van der Waals surface area contributed by atoms with Gasteiger partial charge < -0.3 is 0 Å². The van der Waals surface area contributed by atoms with Gasteiger partial charge in [-0.25, -0.2) is 13.2 Å². The Kier molecular flexibility index (Phi) is 3.65. The van der Waals surface area contributed by atoms with Gasteiger partial charge in [-0.2, -0.15) is 0 Å². The van der Waals surface area contributed by atoms with Gasteiger partial charge in [0.25, 0.3) is 0 Å². The molecule has 0 aliphatic heterocycles. The summed E-state index contributed by atoms with van der Waals surface area (Å²) in [4.78, 5) is 12.7. The Morgan fingerprint density at radius 2 is 1.52 bits per heavy atom. The number of hydrogen-bond donors (Lipinski definition) is 0. The van der Waals surface area contributed by atoms with Gasteiger partial charge in [-0.05, 0) is 49.7 Å². The number of halogens is 4. The van der Waals surface area contributed by atoms with E-state index in [1.165, 1.54) is 0 Å². The Hall–Kier alpha value is -1.03. The van der Waals surface area contributed by atoms with E-state index >= 15 is 13.2 Å². The van der Waals surface area contributed by atoms with E-state index in [2.05, 4.69) is 0 Å². The molecule has 1 aromatic carbocycles. The summed E-state index contributed by atoms with van der Waals surface area (Å²) in [6, 6.07) is 5.25. The Bertz CT molecular complexity index is 673. The minimum atomic E-state index is -1.76. The third kappa shape index (κ3) is 2.90. The van der Waals surface area contributed by atoms with Crippen LogP contribution in [-0.4, -0.2) is 22.8 Å². The van der Waals surface area contributed by atoms with Gasteiger partial charge in [0.1, 0.15) is 17.0 Å². The lowest BCUT2D eigenvalue weighted by Crippen LogP contribution is -2.65. The number of carbonyl (C=O) groups excluding carboxylic acids is 1. The van der Waals surface area contributed by atoms with Crippen LogP contribution in [0.5, 0.6) is 0 Å². The van der Waals surface area contributed by atoms with E-state index in [-0.39, 0.29) is 50.7 Å². The first-order valence-corrected chi connectivity index (χ1v) is 9.28. The molecule has 25 heavy (non-hydrogen) atoms. The first kappa shape index (κ1) is 17.4. The highest BCUT2D eigenvalue weighted by Crippen LogP contribution is 2.69. The average Bonchev–Trinajstić information content (AvgIpc) is 2.40. The molecular formula is C20H22ClF3O. The maximum atomic E-state index is 15.0. The molecule has 0 spiro atoms. The number of benzene rings is 1. The molecular weight excluding hydrogens is 349 g/mol. The SMILES string of the molecule is Cc1cccc(Cl)c1C(=O)CCC12CC3(F)CC(F)(CC(F)(C3)C1)C2. The van der Waals surface area contributed by atoms with E-state index in [0.29, 0.717) is 17.0 Å². The Morgan fingerprint density at radius 3 is 2.00 bits per heavy atom. The second-order valence-electron chi connectivity index (χ2n) is 8.87. The standard InChI is InChI=1S/C20H22ClF3O/c1-13-3-2-4-14(21)16(13)15(25)5-6-17-7-18(22)10-19(23,8-17)12-20(24,9-17)11-18/h2-4H,5-12H2,1H3. The smallest absolute Gasteiger partial charge is 0.164 e. The lowest BCUT2D eigenvalue weighted by molar-refractivity contribution is -0.217. The third-order valence-corrected chi connectivity index (χ3v) is 6.67. The van der Waals surface area contributed by atoms with Crippen molar-refractivity contribution >= 4 is 17.4 Å². The zero-order chi connectivity index (χ0) is 18.1. The number of carbonyl (C=O) groups is 1. The van der Waals surface area contributed by atoms with E-state index in [1.807, 2.05) is 13.0 Å². The number of rotatable bonds is 4. The lowest BCUT2D eigenvalue weighted by Gasteiger charge is -2.63. The molecule has 5 rings (SSSR count). The highest BCUT2D eigenvalue weighted by atomic mass is 35.5. The number of alkyl halides is 3. The van der Waals surface area contributed by atoms with Gasteiger partial charge in [0.05, 0.1) is 5.02 Å². The van der Waals surface area contributed by atoms with Crippen LogP contribution in [0.15, 0.2) is 18.2 Å². The molecule has 1 nitrogen and oxygen atoms in total. The van der Waals surface area contributed by atoms with Gasteiger partial charge in [0.15, 0.2) is 5.78 Å². The summed E-state index contributed by atoms with van der Waals surface area (Å²) in [7, 11) is 0. The van der Waals surface area contributed by atoms with Gasteiger partial charge in [0.2, 0.25) is 0 Å². The largest absolute Gasteiger partial charge is 0.294 e. The summed E-state index contributed by atoms with van der Waals surface area (Å²) in [6.07, 6.45) is 0.414. The molecule has 0 amide bonds. The molecule has 5 heteroatoms. The predicted molar refractivity (Wildman–Crippen MR) is 91.4 cm³/mol. The second-order valence-corrected chi connectivity index (χ2v) is 9.28. The van der Waals surface area contributed by atoms with Crippen molar-refractivity contribution in [3.8, 4) is 0 Å². The van der Waals surface area contributed by atoms with Crippen LogP contribution < -0.4 is 0 Å². The zero-order valence-electron chi connectivity index (χ0n) is 14.3. The molecule has 4 bridgehead atoms. The lowest BCUT2D eigenvalue weighted by atomic mass is 9.45. The number of Topliss-reactive ketones (excluding diaryl/α,β-unsaturated/α-hetero) is 1. The molecule has 136 valence electrons. The quantitative estimate of drug-likeness (QED) is 0.585. The van der Waals surface area contributed by atoms with Gasteiger partial charge in [-0.3, -0.25) is 4.79 Å². The maximum absolute atomic E-state index is 15.0. The van der Waals surface area contributed by atoms with Crippen LogP contribution in [0.25, 0.3) is 0 Å². The van der Waals surface area contributed by atoms with Crippen molar-refractivity contribution in [2.45, 2.75) is 75.3 Å². The van der Waals surface area contributed by atoms with E-state index in [0.717, 1.165) is 5.56 Å². The zero-order valence-corrected chi connectivity index (χ0v) is 15.1. The summed E-state index contributed by atoms with van der Waals surface area (Å²) in [5.41, 5.74) is -4.79. The summed E-state index contributed by atoms with van der Waals surface area (Å²) < 4.78 is 45.0. The van der Waals surface area contributed by atoms with Crippen molar-refractivity contribution in [3.05, 3.63) is 34.3 Å². The topological polar surface area (TPSA) is 17.1 Å². The number of ketones is 1. The van der Waals surface area contributed by atoms with Crippen molar-refractivity contribution < 1.29 is 18.0 Å². The molecule has 0 aromatic heterocycles. The first-order valence-electron chi connectivity index (χ1n) is 8.90. The van der Waals surface area contributed by atoms with Crippen molar-refractivity contribution in [1.29, 1.82) is 0 Å². The van der Waals surface area contributed by atoms with Crippen LogP contribution in [0.4, 0.5) is 13.2 Å². The summed E-state index contributed by atoms with van der Waals surface area (Å²) in [6.45, 7) is 1.81. The van der Waals surface area contributed by atoms with E-state index < -0.39 is 22.4 Å². The molecule has 4 saturated carbocycles. The minimum absolute atomic E-state index is 0.132. The van der Waals surface area contributed by atoms with Crippen molar-refractivity contribution in [3.63, 3.8) is 0 Å². The fraction of sp³-hybridized carbons (Fsp3) is 0.650. The Morgan fingerprint density at radius 1 is 1.00 bits per heavy atom. The van der Waals surface area contributed by atoms with Gasteiger partial charge in [0, 0.05) is 31.2 Å². The summed E-state index contributed by atoms with van der Waals surface area (Å²) >= 11 is 6.14. The highest BCUT2D eigenvalue weighted by molar-refractivity contribution is 6.34. The minimum Gasteiger partial charge on any atom is -0.294 e. The van der Waals surface area contributed by atoms with Crippen LogP contribution in [0.1, 0.15) is 67.3 Å². The molecule has 1 aromatic rings. The van der Waals surface area contributed by atoms with Crippen LogP contribution in [0.2, 0.25) is 5.02 Å². The number of hydrogen-bond acceptors (Lipinski definition) is 1. The Labute approximate surface area is 150 Å². The van der Waals surface area contributed by atoms with E-state index in [1.54, 1.807) is 12.1 Å². The van der Waals surface area contributed by atoms with Crippen LogP contribution in [-0.2, 0) is 0 Å². The highest BCUT2D eigenvalue weighted by Gasteiger charge is 2.70. The monoisotopic (exact) mass is 370 g/mol. The molecule has 0 unspecified atom stereocenters. The van der Waals surface area contributed by atoms with Crippen LogP contribution in [0, 0.1) is 12.3 Å².